The highest BCUT2D eigenvalue weighted by atomic mass is 35.5. The average Bonchev–Trinajstić information content (AvgIpc) is 2.66. The number of ether oxygens (including phenoxy) is 3. The van der Waals surface area contributed by atoms with Crippen molar-refractivity contribution in [1.29, 1.82) is 0 Å². The molecule has 0 unspecified atom stereocenters. The maximum absolute atomic E-state index is 13.7. The van der Waals surface area contributed by atoms with Crippen LogP contribution in [0.15, 0.2) is 36.4 Å². The van der Waals surface area contributed by atoms with Gasteiger partial charge in [-0.1, -0.05) is 17.7 Å². The van der Waals surface area contributed by atoms with E-state index < -0.39 is 24.3 Å². The van der Waals surface area contributed by atoms with Crippen LogP contribution in [0.5, 0.6) is 11.5 Å². The van der Waals surface area contributed by atoms with Gasteiger partial charge in [-0.15, -0.1) is 0 Å². The Bertz CT molecular complexity index is 823. The van der Waals surface area contributed by atoms with Crippen LogP contribution >= 0.6 is 11.6 Å². The molecule has 2 aromatic rings. The van der Waals surface area contributed by atoms with E-state index in [4.69, 9.17) is 25.8 Å². The molecule has 0 heterocycles. The Morgan fingerprint density at radius 1 is 1.07 bits per heavy atom. The number of hydrogen-bond donors (Lipinski definition) is 1. The summed E-state index contributed by atoms with van der Waals surface area (Å²) in [4.78, 5) is 23.9. The standard InChI is InChI=1S/C20H21ClFNO5/c1-3-26-17-9-8-13(10-18(17)27-4-2)23-19(24)12-28-20(25)11-14-15(21)6-5-7-16(14)22/h5-10H,3-4,11-12H2,1-2H3,(H,23,24). The van der Waals surface area contributed by atoms with Crippen LogP contribution in [0, 0.1) is 5.82 Å². The van der Waals surface area contributed by atoms with Crippen molar-refractivity contribution in [3.63, 3.8) is 0 Å². The van der Waals surface area contributed by atoms with Gasteiger partial charge in [-0.05, 0) is 38.1 Å². The molecule has 0 aliphatic rings. The molecule has 150 valence electrons. The van der Waals surface area contributed by atoms with Gasteiger partial charge in [-0.3, -0.25) is 9.59 Å². The number of halogens is 2. The van der Waals surface area contributed by atoms with Gasteiger partial charge in [0.1, 0.15) is 5.82 Å². The first kappa shape index (κ1) is 21.5. The van der Waals surface area contributed by atoms with Crippen LogP contribution in [0.3, 0.4) is 0 Å². The summed E-state index contributed by atoms with van der Waals surface area (Å²) >= 11 is 5.87. The summed E-state index contributed by atoms with van der Waals surface area (Å²) in [6.07, 6.45) is -0.365. The minimum Gasteiger partial charge on any atom is -0.490 e. The van der Waals surface area contributed by atoms with Crippen LogP contribution in [0.4, 0.5) is 10.1 Å². The molecular formula is C20H21ClFNO5. The lowest BCUT2D eigenvalue weighted by molar-refractivity contribution is -0.146. The molecule has 0 spiro atoms. The summed E-state index contributed by atoms with van der Waals surface area (Å²) in [5.74, 6) is -0.848. The number of esters is 1. The third-order valence-electron chi connectivity index (χ3n) is 3.57. The van der Waals surface area contributed by atoms with Gasteiger partial charge in [0.2, 0.25) is 0 Å². The molecule has 8 heteroatoms. The zero-order valence-corrected chi connectivity index (χ0v) is 16.3. The van der Waals surface area contributed by atoms with Crippen molar-refractivity contribution in [2.75, 3.05) is 25.1 Å². The number of nitrogens with one attached hydrogen (secondary N) is 1. The summed E-state index contributed by atoms with van der Waals surface area (Å²) in [5, 5.41) is 2.72. The second-order valence-corrected chi connectivity index (χ2v) is 6.02. The Morgan fingerprint density at radius 3 is 2.46 bits per heavy atom. The second kappa shape index (κ2) is 10.5. The number of anilines is 1. The van der Waals surface area contributed by atoms with E-state index in [9.17, 15) is 14.0 Å². The summed E-state index contributed by atoms with van der Waals surface area (Å²) in [7, 11) is 0. The number of carbonyl (C=O) groups is 2. The molecule has 0 aliphatic carbocycles. The molecule has 28 heavy (non-hydrogen) atoms. The first-order chi connectivity index (χ1) is 13.4. The number of hydrogen-bond acceptors (Lipinski definition) is 5. The molecule has 6 nitrogen and oxygen atoms in total. The van der Waals surface area contributed by atoms with Crippen LogP contribution in [-0.4, -0.2) is 31.7 Å². The predicted octanol–water partition coefficient (Wildman–Crippen LogP) is 4.00. The van der Waals surface area contributed by atoms with E-state index in [2.05, 4.69) is 5.32 Å². The molecule has 1 N–H and O–H groups in total. The monoisotopic (exact) mass is 409 g/mol. The smallest absolute Gasteiger partial charge is 0.310 e. The third kappa shape index (κ3) is 6.13. The van der Waals surface area contributed by atoms with E-state index in [1.54, 1.807) is 18.2 Å². The quantitative estimate of drug-likeness (QED) is 0.633. The largest absolute Gasteiger partial charge is 0.490 e. The molecule has 0 atom stereocenters. The summed E-state index contributed by atoms with van der Waals surface area (Å²) in [6, 6.07) is 9.05. The van der Waals surface area contributed by atoms with Crippen molar-refractivity contribution in [3.8, 4) is 11.5 Å². The average molecular weight is 410 g/mol. The zero-order valence-electron chi connectivity index (χ0n) is 15.6. The Labute approximate surface area is 167 Å². The third-order valence-corrected chi connectivity index (χ3v) is 3.93. The molecular weight excluding hydrogens is 389 g/mol. The van der Waals surface area contributed by atoms with E-state index in [1.165, 1.54) is 18.2 Å². The van der Waals surface area contributed by atoms with Gasteiger partial charge in [-0.25, -0.2) is 4.39 Å². The minimum atomic E-state index is -0.760. The number of rotatable bonds is 9. The Hall–Kier alpha value is -2.80. The van der Waals surface area contributed by atoms with Crippen molar-refractivity contribution in [1.82, 2.24) is 0 Å². The molecule has 0 fully saturated rings. The maximum Gasteiger partial charge on any atom is 0.310 e. The predicted molar refractivity (Wildman–Crippen MR) is 103 cm³/mol. The molecule has 2 rings (SSSR count). The van der Waals surface area contributed by atoms with Gasteiger partial charge >= 0.3 is 5.97 Å². The molecule has 0 aliphatic heterocycles. The van der Waals surface area contributed by atoms with E-state index in [0.29, 0.717) is 30.4 Å². The highest BCUT2D eigenvalue weighted by Crippen LogP contribution is 2.30. The molecule has 2 aromatic carbocycles. The lowest BCUT2D eigenvalue weighted by Crippen LogP contribution is -2.22. The van der Waals surface area contributed by atoms with Gasteiger partial charge in [0.05, 0.1) is 19.6 Å². The summed E-state index contributed by atoms with van der Waals surface area (Å²) in [6.45, 7) is 4.10. The first-order valence-corrected chi connectivity index (χ1v) is 9.10. The van der Waals surface area contributed by atoms with Gasteiger partial charge in [0.25, 0.3) is 5.91 Å². The Kier molecular flexibility index (Phi) is 8.07. The van der Waals surface area contributed by atoms with E-state index in [-0.39, 0.29) is 17.0 Å². The van der Waals surface area contributed by atoms with E-state index >= 15 is 0 Å². The van der Waals surface area contributed by atoms with Crippen molar-refractivity contribution >= 4 is 29.2 Å². The van der Waals surface area contributed by atoms with Crippen molar-refractivity contribution < 1.29 is 28.2 Å². The van der Waals surface area contributed by atoms with Crippen LogP contribution in [-0.2, 0) is 20.7 Å². The van der Waals surface area contributed by atoms with Gasteiger partial charge in [-0.2, -0.15) is 0 Å². The molecule has 1 amide bonds. The van der Waals surface area contributed by atoms with Gasteiger partial charge in [0.15, 0.2) is 18.1 Å². The minimum absolute atomic E-state index is 0.0300. The first-order valence-electron chi connectivity index (χ1n) is 8.72. The molecule has 0 radical (unpaired) electrons. The Balaban J connectivity index is 1.91. The maximum atomic E-state index is 13.7. The normalized spacial score (nSPS) is 10.3. The van der Waals surface area contributed by atoms with Crippen LogP contribution in [0.2, 0.25) is 5.02 Å². The van der Waals surface area contributed by atoms with Gasteiger partial charge in [0, 0.05) is 22.3 Å². The lowest BCUT2D eigenvalue weighted by atomic mass is 10.1. The van der Waals surface area contributed by atoms with Crippen molar-refractivity contribution in [2.45, 2.75) is 20.3 Å². The fraction of sp³-hybridized carbons (Fsp3) is 0.300. The van der Waals surface area contributed by atoms with Crippen LogP contribution in [0.1, 0.15) is 19.4 Å². The lowest BCUT2D eigenvalue weighted by Gasteiger charge is -2.13. The second-order valence-electron chi connectivity index (χ2n) is 5.61. The summed E-state index contributed by atoms with van der Waals surface area (Å²) in [5.41, 5.74) is 0.493. The molecule has 0 saturated carbocycles. The topological polar surface area (TPSA) is 73.9 Å². The number of carbonyl (C=O) groups excluding carboxylic acids is 2. The fourth-order valence-corrected chi connectivity index (χ4v) is 2.60. The molecule has 0 bridgehead atoms. The SMILES string of the molecule is CCOc1ccc(NC(=O)COC(=O)Cc2c(F)cccc2Cl)cc1OCC. The van der Waals surface area contributed by atoms with Crippen LogP contribution in [0.25, 0.3) is 0 Å². The number of benzene rings is 2. The van der Waals surface area contributed by atoms with Crippen LogP contribution < -0.4 is 14.8 Å². The Morgan fingerprint density at radius 2 is 1.79 bits per heavy atom. The fourth-order valence-electron chi connectivity index (χ4n) is 2.37. The zero-order chi connectivity index (χ0) is 20.5. The molecule has 0 aromatic heterocycles. The van der Waals surface area contributed by atoms with E-state index in [0.717, 1.165) is 0 Å². The van der Waals surface area contributed by atoms with Gasteiger partial charge < -0.3 is 19.5 Å². The highest BCUT2D eigenvalue weighted by Gasteiger charge is 2.15. The van der Waals surface area contributed by atoms with Crippen molar-refractivity contribution in [3.05, 3.63) is 52.8 Å². The highest BCUT2D eigenvalue weighted by molar-refractivity contribution is 6.31. The molecule has 0 saturated heterocycles. The summed E-state index contributed by atoms with van der Waals surface area (Å²) < 4.78 is 29.5. The number of amides is 1. The van der Waals surface area contributed by atoms with Crippen molar-refractivity contribution in [2.24, 2.45) is 0 Å². The van der Waals surface area contributed by atoms with E-state index in [1.807, 2.05) is 13.8 Å².